The zero-order valence-corrected chi connectivity index (χ0v) is 11.4. The number of nitrogens with zero attached hydrogens (tertiary/aromatic N) is 2. The molecular weight excluding hydrogens is 226 g/mol. The zero-order valence-electron chi connectivity index (χ0n) is 8.32. The third kappa shape index (κ3) is 2.29. The summed E-state index contributed by atoms with van der Waals surface area (Å²) >= 11 is 0. The van der Waals surface area contributed by atoms with E-state index in [1.807, 2.05) is 0 Å². The Kier molecular flexibility index (Phi) is 4.02. The van der Waals surface area contributed by atoms with Gasteiger partial charge in [0.1, 0.15) is 11.5 Å². The van der Waals surface area contributed by atoms with E-state index in [1.165, 1.54) is 29.7 Å². The van der Waals surface area contributed by atoms with Gasteiger partial charge in [-0.2, -0.15) is 0 Å². The van der Waals surface area contributed by atoms with Crippen LogP contribution in [-0.2, 0) is 0 Å². The Hall–Kier alpha value is -0.274. The first-order valence-electron chi connectivity index (χ1n) is 3.95. The molecule has 2 rings (SSSR count). The van der Waals surface area contributed by atoms with Gasteiger partial charge in [0, 0.05) is 12.3 Å². The number of carbonyl (C=O) groups is 1. The summed E-state index contributed by atoms with van der Waals surface area (Å²) in [4.78, 5) is 14.6. The van der Waals surface area contributed by atoms with E-state index in [1.54, 1.807) is 0 Å². The van der Waals surface area contributed by atoms with E-state index in [2.05, 4.69) is 4.98 Å². The number of aryl methyl sites for hydroxylation is 1. The molecule has 0 aromatic carbocycles. The average Bonchev–Trinajstić information content (AvgIpc) is 2.39. The van der Waals surface area contributed by atoms with Gasteiger partial charge in [0.05, 0.1) is 17.4 Å². The van der Waals surface area contributed by atoms with Crippen LogP contribution < -0.4 is 56.5 Å². The predicted molar refractivity (Wildman–Crippen MR) is 44.2 cm³/mol. The molecule has 4 nitrogen and oxygen atoms in total. The maximum absolute atomic E-state index is 12.8. The van der Waals surface area contributed by atoms with Crippen LogP contribution in [0.4, 0.5) is 4.39 Å². The molecule has 0 radical (unpaired) electrons. The van der Waals surface area contributed by atoms with Crippen LogP contribution in [0.15, 0.2) is 18.3 Å². The molecule has 0 spiro atoms. The first kappa shape index (κ1) is 12.8. The SMILES string of the molecule is Cc1nc2cc(F)ccn2c1C(=O)[O-].[K+]. The molecule has 0 unspecified atom stereocenters. The van der Waals surface area contributed by atoms with Gasteiger partial charge in [-0.15, -0.1) is 0 Å². The van der Waals surface area contributed by atoms with Crippen molar-refractivity contribution in [3.63, 3.8) is 0 Å². The number of imidazole rings is 1. The second-order valence-corrected chi connectivity index (χ2v) is 2.91. The van der Waals surface area contributed by atoms with Crippen LogP contribution in [-0.4, -0.2) is 15.4 Å². The summed E-state index contributed by atoms with van der Waals surface area (Å²) in [5.74, 6) is -1.77. The molecule has 2 aromatic rings. The number of carbonyl (C=O) groups excluding carboxylic acids is 1. The number of carboxylic acids is 1. The monoisotopic (exact) mass is 232 g/mol. The fraction of sp³-hybridized carbons (Fsp3) is 0.111. The Morgan fingerprint density at radius 1 is 1.60 bits per heavy atom. The van der Waals surface area contributed by atoms with Gasteiger partial charge in [0.2, 0.25) is 0 Å². The summed E-state index contributed by atoms with van der Waals surface area (Å²) in [5.41, 5.74) is 0.539. The third-order valence-corrected chi connectivity index (χ3v) is 1.96. The summed E-state index contributed by atoms with van der Waals surface area (Å²) in [6, 6.07) is 2.33. The molecule has 0 bridgehead atoms. The molecule has 0 saturated carbocycles. The summed E-state index contributed by atoms with van der Waals surface area (Å²) < 4.78 is 14.0. The largest absolute Gasteiger partial charge is 1.00 e. The van der Waals surface area contributed by atoms with Crippen molar-refractivity contribution in [1.82, 2.24) is 9.38 Å². The van der Waals surface area contributed by atoms with Crippen LogP contribution in [0, 0.1) is 12.7 Å². The Morgan fingerprint density at radius 3 is 2.87 bits per heavy atom. The van der Waals surface area contributed by atoms with Crippen LogP contribution in [0.1, 0.15) is 16.2 Å². The van der Waals surface area contributed by atoms with Gasteiger partial charge in [0.15, 0.2) is 0 Å². The van der Waals surface area contributed by atoms with Crippen molar-refractivity contribution in [2.75, 3.05) is 0 Å². The van der Waals surface area contributed by atoms with Crippen molar-refractivity contribution in [3.05, 3.63) is 35.5 Å². The van der Waals surface area contributed by atoms with E-state index in [0.717, 1.165) is 0 Å². The molecule has 0 aliphatic heterocycles. The summed E-state index contributed by atoms with van der Waals surface area (Å²) in [6.45, 7) is 1.54. The minimum atomic E-state index is -1.32. The van der Waals surface area contributed by atoms with Gasteiger partial charge in [-0.25, -0.2) is 9.37 Å². The van der Waals surface area contributed by atoms with Gasteiger partial charge in [-0.05, 0) is 13.0 Å². The quantitative estimate of drug-likeness (QED) is 0.497. The van der Waals surface area contributed by atoms with Gasteiger partial charge in [-0.1, -0.05) is 0 Å². The molecule has 0 N–H and O–H groups in total. The van der Waals surface area contributed by atoms with E-state index in [-0.39, 0.29) is 62.7 Å². The second kappa shape index (κ2) is 4.71. The number of carboxylic acid groups (broad SMARTS) is 1. The van der Waals surface area contributed by atoms with Gasteiger partial charge >= 0.3 is 51.4 Å². The molecule has 15 heavy (non-hydrogen) atoms. The van der Waals surface area contributed by atoms with E-state index in [4.69, 9.17) is 0 Å². The van der Waals surface area contributed by atoms with Crippen molar-refractivity contribution in [2.24, 2.45) is 0 Å². The Morgan fingerprint density at radius 2 is 2.27 bits per heavy atom. The van der Waals surface area contributed by atoms with Crippen LogP contribution in [0.2, 0.25) is 0 Å². The van der Waals surface area contributed by atoms with E-state index in [0.29, 0.717) is 5.69 Å². The average molecular weight is 232 g/mol. The number of fused-ring (bicyclic) bond motifs is 1. The normalized spacial score (nSPS) is 10.0. The van der Waals surface area contributed by atoms with E-state index >= 15 is 0 Å². The summed E-state index contributed by atoms with van der Waals surface area (Å²) in [7, 11) is 0. The zero-order chi connectivity index (χ0) is 10.3. The number of pyridine rings is 1. The van der Waals surface area contributed by atoms with Crippen LogP contribution >= 0.6 is 0 Å². The summed E-state index contributed by atoms with van der Waals surface area (Å²) in [5, 5.41) is 10.7. The van der Waals surface area contributed by atoms with E-state index < -0.39 is 11.8 Å². The molecule has 72 valence electrons. The maximum Gasteiger partial charge on any atom is 1.00 e. The molecular formula is C9H6FKN2O2. The number of hydrogen-bond donors (Lipinski definition) is 0. The number of halogens is 1. The van der Waals surface area contributed by atoms with Crippen molar-refractivity contribution in [1.29, 1.82) is 0 Å². The van der Waals surface area contributed by atoms with Gasteiger partial charge < -0.3 is 9.90 Å². The molecule has 0 fully saturated rings. The molecule has 6 heteroatoms. The Labute approximate surface area is 128 Å². The second-order valence-electron chi connectivity index (χ2n) is 2.91. The predicted octanol–water partition coefficient (Wildman–Crippen LogP) is -2.85. The number of aromatic carboxylic acids is 1. The molecule has 0 aliphatic carbocycles. The Balaban J connectivity index is 0.00000112. The number of hydrogen-bond acceptors (Lipinski definition) is 3. The van der Waals surface area contributed by atoms with Gasteiger partial charge in [0.25, 0.3) is 0 Å². The standard InChI is InChI=1S/C9H7FN2O2.K/c1-5-8(9(13)14)12-3-2-6(10)4-7(12)11-5;/h2-4H,1H3,(H,13,14);/q;+1/p-1. The molecule has 0 atom stereocenters. The van der Waals surface area contributed by atoms with E-state index in [9.17, 15) is 14.3 Å². The molecule has 2 aromatic heterocycles. The molecule has 0 amide bonds. The fourth-order valence-corrected chi connectivity index (χ4v) is 1.38. The summed E-state index contributed by atoms with van der Waals surface area (Å²) in [6.07, 6.45) is 1.32. The van der Waals surface area contributed by atoms with Crippen molar-refractivity contribution in [3.8, 4) is 0 Å². The third-order valence-electron chi connectivity index (χ3n) is 1.96. The first-order chi connectivity index (χ1) is 6.59. The van der Waals surface area contributed by atoms with Crippen LogP contribution in [0.5, 0.6) is 0 Å². The van der Waals surface area contributed by atoms with Crippen molar-refractivity contribution < 1.29 is 65.7 Å². The minimum Gasteiger partial charge on any atom is -0.543 e. The fourth-order valence-electron chi connectivity index (χ4n) is 1.38. The topological polar surface area (TPSA) is 57.4 Å². The number of rotatable bonds is 1. The van der Waals surface area contributed by atoms with Crippen molar-refractivity contribution >= 4 is 11.6 Å². The molecule has 0 aliphatic rings. The first-order valence-corrected chi connectivity index (χ1v) is 3.95. The van der Waals surface area contributed by atoms with Crippen LogP contribution in [0.3, 0.4) is 0 Å². The number of aromatic nitrogens is 2. The van der Waals surface area contributed by atoms with Crippen molar-refractivity contribution in [2.45, 2.75) is 6.92 Å². The molecule has 0 saturated heterocycles. The van der Waals surface area contributed by atoms with Crippen LogP contribution in [0.25, 0.3) is 5.65 Å². The molecule has 2 heterocycles. The smallest absolute Gasteiger partial charge is 0.543 e. The van der Waals surface area contributed by atoms with Gasteiger partial charge in [-0.3, -0.25) is 4.40 Å². The Bertz CT molecular complexity index is 524. The minimum absolute atomic E-state index is 0. The maximum atomic E-state index is 12.8.